The summed E-state index contributed by atoms with van der Waals surface area (Å²) in [4.78, 5) is 4.39. The van der Waals surface area contributed by atoms with Gasteiger partial charge in [0.2, 0.25) is 0 Å². The fourth-order valence-electron chi connectivity index (χ4n) is 2.38. The van der Waals surface area contributed by atoms with Gasteiger partial charge < -0.3 is 5.32 Å². The van der Waals surface area contributed by atoms with Crippen molar-refractivity contribution in [2.45, 2.75) is 18.9 Å². The minimum atomic E-state index is 0. The first-order chi connectivity index (χ1) is 7.45. The van der Waals surface area contributed by atoms with Gasteiger partial charge >= 0.3 is 0 Å². The maximum Gasteiger partial charge on any atom is 0.0705 e. The van der Waals surface area contributed by atoms with E-state index in [1.165, 1.54) is 23.8 Å². The maximum absolute atomic E-state index is 4.39. The van der Waals surface area contributed by atoms with Crippen molar-refractivity contribution < 1.29 is 0 Å². The Morgan fingerprint density at radius 1 is 1.12 bits per heavy atom. The average Bonchev–Trinajstić information content (AvgIpc) is 2.82. The molecule has 92 valence electrons. The van der Waals surface area contributed by atoms with Crippen LogP contribution in [-0.2, 0) is 0 Å². The Hall–Kier alpha value is -0.830. The molecular formula is C13H16Cl2N2. The summed E-state index contributed by atoms with van der Waals surface area (Å²) in [5.41, 5.74) is 2.50. The van der Waals surface area contributed by atoms with Gasteiger partial charge in [0.25, 0.3) is 0 Å². The minimum absolute atomic E-state index is 0. The van der Waals surface area contributed by atoms with Crippen LogP contribution in [0.2, 0.25) is 0 Å². The highest BCUT2D eigenvalue weighted by Gasteiger charge is 2.17. The summed E-state index contributed by atoms with van der Waals surface area (Å²) in [6.45, 7) is 1.14. The van der Waals surface area contributed by atoms with Crippen LogP contribution in [-0.4, -0.2) is 11.5 Å². The van der Waals surface area contributed by atoms with Crippen LogP contribution >= 0.6 is 24.8 Å². The largest absolute Gasteiger partial charge is 0.310 e. The van der Waals surface area contributed by atoms with Crippen molar-refractivity contribution in [1.29, 1.82) is 0 Å². The summed E-state index contributed by atoms with van der Waals surface area (Å²) in [6, 6.07) is 11.1. The fraction of sp³-hybridized carbons (Fsp3) is 0.308. The zero-order valence-electron chi connectivity index (χ0n) is 9.43. The first-order valence-electron chi connectivity index (χ1n) is 5.52. The number of halogens is 2. The SMILES string of the molecule is Cl.Cl.c1cc([C@H]2CCCN2)c2cccnc2c1. The van der Waals surface area contributed by atoms with E-state index in [0.717, 1.165) is 12.1 Å². The van der Waals surface area contributed by atoms with Gasteiger partial charge in [-0.1, -0.05) is 18.2 Å². The number of benzene rings is 1. The quantitative estimate of drug-likeness (QED) is 0.858. The van der Waals surface area contributed by atoms with Gasteiger partial charge in [-0.3, -0.25) is 4.98 Å². The third kappa shape index (κ3) is 2.71. The molecule has 0 unspecified atom stereocenters. The van der Waals surface area contributed by atoms with Crippen molar-refractivity contribution in [2.24, 2.45) is 0 Å². The van der Waals surface area contributed by atoms with Crippen molar-refractivity contribution in [3.63, 3.8) is 0 Å². The smallest absolute Gasteiger partial charge is 0.0705 e. The summed E-state index contributed by atoms with van der Waals surface area (Å²) in [6.07, 6.45) is 4.38. The first kappa shape index (κ1) is 14.2. The number of pyridine rings is 1. The van der Waals surface area contributed by atoms with E-state index in [-0.39, 0.29) is 24.8 Å². The van der Waals surface area contributed by atoms with Gasteiger partial charge in [0.1, 0.15) is 0 Å². The molecule has 2 nitrogen and oxygen atoms in total. The van der Waals surface area contributed by atoms with E-state index in [0.29, 0.717) is 6.04 Å². The summed E-state index contributed by atoms with van der Waals surface area (Å²) in [5, 5.41) is 4.83. The van der Waals surface area contributed by atoms with Crippen LogP contribution in [0.5, 0.6) is 0 Å². The highest BCUT2D eigenvalue weighted by atomic mass is 35.5. The van der Waals surface area contributed by atoms with Gasteiger partial charge in [-0.15, -0.1) is 24.8 Å². The van der Waals surface area contributed by atoms with E-state index >= 15 is 0 Å². The molecule has 3 rings (SSSR count). The molecule has 2 heterocycles. The van der Waals surface area contributed by atoms with E-state index in [9.17, 15) is 0 Å². The van der Waals surface area contributed by atoms with Gasteiger partial charge in [-0.05, 0) is 37.1 Å². The molecule has 1 aromatic carbocycles. The minimum Gasteiger partial charge on any atom is -0.310 e. The summed E-state index contributed by atoms with van der Waals surface area (Å²) < 4.78 is 0. The Morgan fingerprint density at radius 2 is 2.00 bits per heavy atom. The van der Waals surface area contributed by atoms with Crippen LogP contribution in [0.1, 0.15) is 24.4 Å². The zero-order valence-corrected chi connectivity index (χ0v) is 11.1. The molecule has 1 fully saturated rings. The van der Waals surface area contributed by atoms with E-state index in [1.54, 1.807) is 0 Å². The summed E-state index contributed by atoms with van der Waals surface area (Å²) in [7, 11) is 0. The number of rotatable bonds is 1. The van der Waals surface area contributed by atoms with Gasteiger partial charge in [-0.2, -0.15) is 0 Å². The predicted octanol–water partition coefficient (Wildman–Crippen LogP) is 3.50. The molecule has 1 N–H and O–H groups in total. The lowest BCUT2D eigenvalue weighted by atomic mass is 10.0. The number of fused-ring (bicyclic) bond motifs is 1. The van der Waals surface area contributed by atoms with Crippen LogP contribution in [0.15, 0.2) is 36.5 Å². The number of hydrogen-bond acceptors (Lipinski definition) is 2. The lowest BCUT2D eigenvalue weighted by Gasteiger charge is -2.12. The van der Waals surface area contributed by atoms with E-state index in [1.807, 2.05) is 12.3 Å². The van der Waals surface area contributed by atoms with Crippen LogP contribution in [0, 0.1) is 0 Å². The lowest BCUT2D eigenvalue weighted by molar-refractivity contribution is 0.653. The number of aromatic nitrogens is 1. The van der Waals surface area contributed by atoms with Crippen molar-refractivity contribution in [2.75, 3.05) is 6.54 Å². The van der Waals surface area contributed by atoms with E-state index in [4.69, 9.17) is 0 Å². The third-order valence-electron chi connectivity index (χ3n) is 3.12. The number of nitrogens with one attached hydrogen (secondary N) is 1. The molecule has 4 heteroatoms. The Morgan fingerprint density at radius 3 is 2.76 bits per heavy atom. The Labute approximate surface area is 114 Å². The van der Waals surface area contributed by atoms with Crippen molar-refractivity contribution >= 4 is 35.7 Å². The molecule has 1 aliphatic heterocycles. The monoisotopic (exact) mass is 270 g/mol. The van der Waals surface area contributed by atoms with Crippen molar-refractivity contribution in [3.05, 3.63) is 42.1 Å². The summed E-state index contributed by atoms with van der Waals surface area (Å²) in [5.74, 6) is 0. The van der Waals surface area contributed by atoms with Crippen LogP contribution in [0.4, 0.5) is 0 Å². The van der Waals surface area contributed by atoms with E-state index in [2.05, 4.69) is 34.6 Å². The molecule has 0 saturated carbocycles. The molecule has 0 bridgehead atoms. The highest BCUT2D eigenvalue weighted by molar-refractivity contribution is 5.85. The Bertz CT molecular complexity index is 476. The molecule has 0 radical (unpaired) electrons. The Balaban J connectivity index is 0.000000722. The van der Waals surface area contributed by atoms with Gasteiger partial charge in [0.15, 0.2) is 0 Å². The predicted molar refractivity (Wildman–Crippen MR) is 76.2 cm³/mol. The fourth-order valence-corrected chi connectivity index (χ4v) is 2.38. The molecule has 1 aromatic heterocycles. The molecule has 0 spiro atoms. The van der Waals surface area contributed by atoms with Crippen LogP contribution in [0.3, 0.4) is 0 Å². The second-order valence-electron chi connectivity index (χ2n) is 4.07. The standard InChI is InChI=1S/C13H14N2.2ClH/c1-4-10(13-7-3-9-15-13)11-5-2-8-14-12(11)6-1;;/h1-2,4-6,8,13,15H,3,7,9H2;2*1H/t13-;;/m1../s1. The van der Waals surface area contributed by atoms with Crippen molar-refractivity contribution in [3.8, 4) is 0 Å². The summed E-state index contributed by atoms with van der Waals surface area (Å²) >= 11 is 0. The normalized spacial score (nSPS) is 18.5. The molecular weight excluding hydrogens is 255 g/mol. The third-order valence-corrected chi connectivity index (χ3v) is 3.12. The van der Waals surface area contributed by atoms with Gasteiger partial charge in [0.05, 0.1) is 5.52 Å². The average molecular weight is 271 g/mol. The van der Waals surface area contributed by atoms with Crippen LogP contribution in [0.25, 0.3) is 10.9 Å². The van der Waals surface area contributed by atoms with Crippen molar-refractivity contribution in [1.82, 2.24) is 10.3 Å². The molecule has 17 heavy (non-hydrogen) atoms. The molecule has 2 aromatic rings. The Kier molecular flexibility index (Phi) is 5.19. The van der Waals surface area contributed by atoms with Gasteiger partial charge in [0, 0.05) is 17.6 Å². The van der Waals surface area contributed by atoms with Gasteiger partial charge in [-0.25, -0.2) is 0 Å². The molecule has 0 aliphatic carbocycles. The second kappa shape index (κ2) is 6.20. The maximum atomic E-state index is 4.39. The van der Waals surface area contributed by atoms with E-state index < -0.39 is 0 Å². The zero-order chi connectivity index (χ0) is 10.1. The lowest BCUT2D eigenvalue weighted by Crippen LogP contribution is -2.13. The first-order valence-corrected chi connectivity index (χ1v) is 5.52. The molecule has 1 aliphatic rings. The molecule has 0 amide bonds. The number of hydrogen-bond donors (Lipinski definition) is 1. The molecule has 1 saturated heterocycles. The number of nitrogens with zero attached hydrogens (tertiary/aromatic N) is 1. The second-order valence-corrected chi connectivity index (χ2v) is 4.07. The van der Waals surface area contributed by atoms with Crippen LogP contribution < -0.4 is 5.32 Å². The highest BCUT2D eigenvalue weighted by Crippen LogP contribution is 2.28. The molecule has 1 atom stereocenters. The topological polar surface area (TPSA) is 24.9 Å².